The highest BCUT2D eigenvalue weighted by molar-refractivity contribution is 9.10. The average Bonchev–Trinajstić information content (AvgIpc) is 3.39. The zero-order chi connectivity index (χ0) is 26.4. The topological polar surface area (TPSA) is 57.0 Å². The Morgan fingerprint density at radius 1 is 0.919 bits per heavy atom. The summed E-state index contributed by atoms with van der Waals surface area (Å²) in [5.41, 5.74) is 1.46. The van der Waals surface area contributed by atoms with Crippen LogP contribution < -0.4 is 4.74 Å². The van der Waals surface area contributed by atoms with Crippen molar-refractivity contribution < 1.29 is 22.7 Å². The van der Waals surface area contributed by atoms with Crippen molar-refractivity contribution in [3.8, 4) is 22.6 Å². The molecule has 0 radical (unpaired) electrons. The molecule has 5 aromatic rings. The molecular weight excluding hydrogens is 547 g/mol. The van der Waals surface area contributed by atoms with Gasteiger partial charge in [0, 0.05) is 28.1 Å². The summed E-state index contributed by atoms with van der Waals surface area (Å²) in [6.45, 7) is 0. The lowest BCUT2D eigenvalue weighted by Gasteiger charge is -2.07. The van der Waals surface area contributed by atoms with Crippen LogP contribution in [-0.4, -0.2) is 27.4 Å². The largest absolute Gasteiger partial charge is 0.497 e. The number of pyridine rings is 1. The molecule has 5 rings (SSSR count). The number of ketones is 1. The normalized spacial score (nSPS) is 10.4. The molecule has 2 heterocycles. The number of imidazole rings is 1. The van der Waals surface area contributed by atoms with E-state index in [1.807, 2.05) is 0 Å². The number of carbonyl (C=O) groups is 1. The Kier molecular flexibility index (Phi) is 8.15. The van der Waals surface area contributed by atoms with Gasteiger partial charge in [0.2, 0.25) is 11.7 Å². The predicted molar refractivity (Wildman–Crippen MR) is 137 cm³/mol. The highest BCUT2D eigenvalue weighted by Crippen LogP contribution is 2.26. The van der Waals surface area contributed by atoms with E-state index >= 15 is 0 Å². The Morgan fingerprint density at radius 2 is 1.68 bits per heavy atom. The fraction of sp³-hybridized carbons (Fsp3) is 0.0357. The molecule has 0 fully saturated rings. The second-order valence-electron chi connectivity index (χ2n) is 7.67. The van der Waals surface area contributed by atoms with Gasteiger partial charge in [0.1, 0.15) is 29.4 Å². The molecule has 0 unspecified atom stereocenters. The van der Waals surface area contributed by atoms with Gasteiger partial charge >= 0.3 is 0 Å². The second kappa shape index (κ2) is 11.7. The monoisotopic (exact) mass is 565 g/mol. The second-order valence-corrected chi connectivity index (χ2v) is 8.59. The van der Waals surface area contributed by atoms with Gasteiger partial charge in [-0.2, -0.15) is 4.39 Å². The van der Waals surface area contributed by atoms with Gasteiger partial charge in [-0.3, -0.25) is 4.79 Å². The van der Waals surface area contributed by atoms with Crippen LogP contribution >= 0.6 is 15.9 Å². The van der Waals surface area contributed by atoms with Gasteiger partial charge in [0.15, 0.2) is 0 Å². The van der Waals surface area contributed by atoms with Crippen molar-refractivity contribution >= 4 is 21.7 Å². The summed E-state index contributed by atoms with van der Waals surface area (Å²) in [5.74, 6) is -1.39. The Bertz CT molecular complexity index is 1500. The molecule has 0 aliphatic rings. The lowest BCUT2D eigenvalue weighted by atomic mass is 10.1. The number of rotatable bonds is 5. The predicted octanol–water partition coefficient (Wildman–Crippen LogP) is 7.04. The molecule has 0 bridgehead atoms. The van der Waals surface area contributed by atoms with E-state index in [-0.39, 0.29) is 22.9 Å². The van der Waals surface area contributed by atoms with Gasteiger partial charge in [0.05, 0.1) is 12.7 Å². The molecule has 9 heteroatoms. The molecule has 5 nitrogen and oxygen atoms in total. The molecule has 0 aliphatic heterocycles. The van der Waals surface area contributed by atoms with Crippen LogP contribution in [0.1, 0.15) is 16.1 Å². The van der Waals surface area contributed by atoms with E-state index in [1.165, 1.54) is 18.5 Å². The van der Waals surface area contributed by atoms with Crippen LogP contribution in [0.4, 0.5) is 13.2 Å². The maximum Gasteiger partial charge on any atom is 0.223 e. The molecule has 3 aromatic carbocycles. The van der Waals surface area contributed by atoms with Crippen LogP contribution in [0.15, 0.2) is 102 Å². The Morgan fingerprint density at radius 3 is 2.32 bits per heavy atom. The maximum atomic E-state index is 14.1. The molecule has 0 aliphatic carbocycles. The Labute approximate surface area is 219 Å². The van der Waals surface area contributed by atoms with E-state index in [2.05, 4.69) is 25.9 Å². The first-order valence-electron chi connectivity index (χ1n) is 10.9. The van der Waals surface area contributed by atoms with Gasteiger partial charge in [0.25, 0.3) is 0 Å². The maximum absolute atomic E-state index is 14.1. The number of aromatic nitrogens is 3. The van der Waals surface area contributed by atoms with Crippen LogP contribution in [0.5, 0.6) is 5.75 Å². The fourth-order valence-electron chi connectivity index (χ4n) is 3.43. The minimum absolute atomic E-state index is 0.205. The van der Waals surface area contributed by atoms with E-state index in [1.54, 1.807) is 78.5 Å². The summed E-state index contributed by atoms with van der Waals surface area (Å²) in [5, 5.41) is 0. The number of hydrogen-bond donors (Lipinski definition) is 0. The van der Waals surface area contributed by atoms with Crippen LogP contribution in [0.25, 0.3) is 16.8 Å². The molecule has 0 saturated carbocycles. The summed E-state index contributed by atoms with van der Waals surface area (Å²) < 4.78 is 47.7. The summed E-state index contributed by atoms with van der Waals surface area (Å²) >= 11 is 3.12. The van der Waals surface area contributed by atoms with Crippen molar-refractivity contribution in [2.45, 2.75) is 0 Å². The number of ether oxygens (including phenoxy) is 1. The van der Waals surface area contributed by atoms with E-state index in [0.717, 1.165) is 16.7 Å². The van der Waals surface area contributed by atoms with Crippen LogP contribution in [0.3, 0.4) is 0 Å². The van der Waals surface area contributed by atoms with Crippen molar-refractivity contribution in [2.24, 2.45) is 0 Å². The highest BCUT2D eigenvalue weighted by atomic mass is 79.9. The van der Waals surface area contributed by atoms with Crippen molar-refractivity contribution in [2.75, 3.05) is 7.11 Å². The molecule has 2 aromatic heterocycles. The van der Waals surface area contributed by atoms with Crippen LogP contribution in [-0.2, 0) is 0 Å². The first-order chi connectivity index (χ1) is 17.9. The minimum Gasteiger partial charge on any atom is -0.497 e. The van der Waals surface area contributed by atoms with Gasteiger partial charge in [-0.05, 0) is 66.2 Å². The fourth-order valence-corrected chi connectivity index (χ4v) is 3.80. The molecule has 0 N–H and O–H groups in total. The minimum atomic E-state index is -0.886. The zero-order valence-corrected chi connectivity index (χ0v) is 21.0. The van der Waals surface area contributed by atoms with Gasteiger partial charge in [-0.25, -0.2) is 18.7 Å². The third-order valence-corrected chi connectivity index (χ3v) is 5.73. The molecular formula is C28H19BrF3N3O2. The highest BCUT2D eigenvalue weighted by Gasteiger charge is 2.15. The van der Waals surface area contributed by atoms with E-state index in [9.17, 15) is 18.0 Å². The Hall–Kier alpha value is -4.24. The first kappa shape index (κ1) is 25.8. The number of hydrogen-bond acceptors (Lipinski definition) is 4. The molecule has 0 amide bonds. The third-order valence-electron chi connectivity index (χ3n) is 5.24. The number of carbonyl (C=O) groups excluding carboxylic acids is 1. The number of methoxy groups -OCH3 is 1. The first-order valence-corrected chi connectivity index (χ1v) is 11.7. The third kappa shape index (κ3) is 6.31. The van der Waals surface area contributed by atoms with Crippen molar-refractivity contribution in [3.05, 3.63) is 131 Å². The van der Waals surface area contributed by atoms with E-state index in [4.69, 9.17) is 4.74 Å². The smallest absolute Gasteiger partial charge is 0.223 e. The van der Waals surface area contributed by atoms with Gasteiger partial charge in [-0.1, -0.05) is 34.1 Å². The van der Waals surface area contributed by atoms with Crippen LogP contribution in [0, 0.1) is 17.6 Å². The zero-order valence-electron chi connectivity index (χ0n) is 19.4. The quantitative estimate of drug-likeness (QED) is 0.169. The summed E-state index contributed by atoms with van der Waals surface area (Å²) in [7, 11) is 1.55. The van der Waals surface area contributed by atoms with E-state index < -0.39 is 11.8 Å². The lowest BCUT2D eigenvalue weighted by molar-refractivity contribution is 0.103. The van der Waals surface area contributed by atoms with Gasteiger partial charge < -0.3 is 9.30 Å². The molecule has 0 spiro atoms. The summed E-state index contributed by atoms with van der Waals surface area (Å²) in [6.07, 6.45) is 4.12. The number of nitrogens with zero attached hydrogens (tertiary/aromatic N) is 3. The Balaban J connectivity index is 0.000000342. The number of halogens is 4. The van der Waals surface area contributed by atoms with Crippen LogP contribution in [0.2, 0.25) is 0 Å². The SMILES string of the molecule is COc1ccc(C(=O)c2cn(-c3cccc(-c4c(F)ccnc4F)c3)cn2)cc1.Fc1cccc(Br)c1. The van der Waals surface area contributed by atoms with E-state index in [0.29, 0.717) is 22.6 Å². The average molecular weight is 566 g/mol. The molecule has 0 atom stereocenters. The summed E-state index contributed by atoms with van der Waals surface area (Å²) in [4.78, 5) is 20.3. The lowest BCUT2D eigenvalue weighted by Crippen LogP contribution is -2.01. The number of benzene rings is 3. The van der Waals surface area contributed by atoms with Gasteiger partial charge in [-0.15, -0.1) is 0 Å². The standard InChI is InChI=1S/C22H15F2N3O2.C6H4BrF/c1-29-17-7-5-14(6-8-17)21(28)19-12-27(13-26-19)16-4-2-3-15(11-16)20-18(23)9-10-25-22(20)24;7-5-2-1-3-6(8)4-5/h2-13H,1H3;1-4H. The summed E-state index contributed by atoms with van der Waals surface area (Å²) in [6, 6.07) is 20.7. The molecule has 37 heavy (non-hydrogen) atoms. The van der Waals surface area contributed by atoms with Crippen molar-refractivity contribution in [1.29, 1.82) is 0 Å². The molecule has 0 saturated heterocycles. The van der Waals surface area contributed by atoms with Crippen molar-refractivity contribution in [3.63, 3.8) is 0 Å². The van der Waals surface area contributed by atoms with Crippen molar-refractivity contribution in [1.82, 2.24) is 14.5 Å². The molecule has 186 valence electrons.